The zero-order chi connectivity index (χ0) is 15.4. The molecular weight excluding hydrogens is 263 g/mol. The molecule has 1 aromatic rings. The van der Waals surface area contributed by atoms with Crippen molar-refractivity contribution in [3.05, 3.63) is 39.7 Å². The number of nitrogens with zero attached hydrogens (tertiary/aromatic N) is 2. The quantitative estimate of drug-likeness (QED) is 0.615. The van der Waals surface area contributed by atoms with E-state index in [9.17, 15) is 19.3 Å². The number of amides is 1. The number of nitro benzene ring substituents is 1. The Bertz CT molecular complexity index is 517. The molecule has 1 rings (SSSR count). The number of nitro groups is 1. The first-order valence-corrected chi connectivity index (χ1v) is 6.45. The summed E-state index contributed by atoms with van der Waals surface area (Å²) in [5, 5.41) is 10.7. The van der Waals surface area contributed by atoms with Crippen LogP contribution in [-0.2, 0) is 0 Å². The maximum Gasteiger partial charge on any atom is 0.270 e. The Morgan fingerprint density at radius 2 is 2.00 bits per heavy atom. The van der Waals surface area contributed by atoms with Crippen LogP contribution in [0.1, 0.15) is 37.6 Å². The summed E-state index contributed by atoms with van der Waals surface area (Å²) >= 11 is 0. The molecule has 6 heteroatoms. The summed E-state index contributed by atoms with van der Waals surface area (Å²) in [5.74, 6) is -0.890. The van der Waals surface area contributed by atoms with Gasteiger partial charge in [-0.1, -0.05) is 13.8 Å². The van der Waals surface area contributed by atoms with Crippen LogP contribution in [0.3, 0.4) is 0 Å². The van der Waals surface area contributed by atoms with Crippen LogP contribution in [0.25, 0.3) is 0 Å². The second-order valence-electron chi connectivity index (χ2n) is 5.32. The number of halogens is 1. The van der Waals surface area contributed by atoms with Gasteiger partial charge in [0.25, 0.3) is 11.6 Å². The Morgan fingerprint density at radius 1 is 1.40 bits per heavy atom. The SMILES string of the molecule is CC(C)CC(C)N(C)C(=O)c1cc([N+](=O)[O-])ccc1F. The molecule has 0 heterocycles. The van der Waals surface area contributed by atoms with E-state index < -0.39 is 16.6 Å². The fraction of sp³-hybridized carbons (Fsp3) is 0.500. The summed E-state index contributed by atoms with van der Waals surface area (Å²) in [4.78, 5) is 23.7. The van der Waals surface area contributed by atoms with Crippen LogP contribution < -0.4 is 0 Å². The van der Waals surface area contributed by atoms with Gasteiger partial charge in [0.15, 0.2) is 0 Å². The highest BCUT2D eigenvalue weighted by atomic mass is 19.1. The molecule has 0 aliphatic carbocycles. The van der Waals surface area contributed by atoms with Gasteiger partial charge in [-0.05, 0) is 25.3 Å². The summed E-state index contributed by atoms with van der Waals surface area (Å²) in [6.07, 6.45) is 0.777. The fourth-order valence-corrected chi connectivity index (χ4v) is 2.02. The number of carbonyl (C=O) groups excluding carboxylic acids is 1. The highest BCUT2D eigenvalue weighted by Gasteiger charge is 2.23. The maximum atomic E-state index is 13.7. The van der Waals surface area contributed by atoms with Crippen LogP contribution in [0.15, 0.2) is 18.2 Å². The smallest absolute Gasteiger partial charge is 0.270 e. The molecule has 0 saturated carbocycles. The number of hydrogen-bond donors (Lipinski definition) is 0. The molecule has 0 radical (unpaired) electrons. The molecule has 0 bridgehead atoms. The van der Waals surface area contributed by atoms with Crippen molar-refractivity contribution in [1.29, 1.82) is 0 Å². The van der Waals surface area contributed by atoms with Crippen molar-refractivity contribution in [2.75, 3.05) is 7.05 Å². The largest absolute Gasteiger partial charge is 0.339 e. The van der Waals surface area contributed by atoms with Crippen molar-refractivity contribution in [3.8, 4) is 0 Å². The first-order valence-electron chi connectivity index (χ1n) is 6.45. The molecule has 0 saturated heterocycles. The van der Waals surface area contributed by atoms with Gasteiger partial charge in [0.2, 0.25) is 0 Å². The van der Waals surface area contributed by atoms with Gasteiger partial charge >= 0.3 is 0 Å². The zero-order valence-electron chi connectivity index (χ0n) is 12.1. The maximum absolute atomic E-state index is 13.7. The minimum Gasteiger partial charge on any atom is -0.339 e. The van der Waals surface area contributed by atoms with Crippen molar-refractivity contribution >= 4 is 11.6 Å². The lowest BCUT2D eigenvalue weighted by atomic mass is 10.0. The molecular formula is C14H19FN2O3. The molecule has 1 amide bonds. The van der Waals surface area contributed by atoms with E-state index in [1.807, 2.05) is 20.8 Å². The number of carbonyl (C=O) groups is 1. The van der Waals surface area contributed by atoms with Gasteiger partial charge in [0.05, 0.1) is 10.5 Å². The summed E-state index contributed by atoms with van der Waals surface area (Å²) < 4.78 is 13.7. The molecule has 0 spiro atoms. The monoisotopic (exact) mass is 282 g/mol. The standard InChI is InChI=1S/C14H19FN2O3/c1-9(2)7-10(3)16(4)14(18)12-8-11(17(19)20)5-6-13(12)15/h5-6,8-10H,7H2,1-4H3. The van der Waals surface area contributed by atoms with Gasteiger partial charge in [-0.3, -0.25) is 14.9 Å². The third kappa shape index (κ3) is 3.76. The first kappa shape index (κ1) is 16.1. The van der Waals surface area contributed by atoms with Gasteiger partial charge in [-0.15, -0.1) is 0 Å². The fourth-order valence-electron chi connectivity index (χ4n) is 2.02. The number of benzene rings is 1. The summed E-state index contributed by atoms with van der Waals surface area (Å²) in [5.41, 5.74) is -0.558. The number of rotatable bonds is 5. The lowest BCUT2D eigenvalue weighted by Gasteiger charge is -2.26. The van der Waals surface area contributed by atoms with Crippen LogP contribution in [0.5, 0.6) is 0 Å². The van der Waals surface area contributed by atoms with Crippen molar-refractivity contribution in [1.82, 2.24) is 4.90 Å². The van der Waals surface area contributed by atoms with Crippen molar-refractivity contribution in [2.24, 2.45) is 5.92 Å². The number of non-ortho nitro benzene ring substituents is 1. The van der Waals surface area contributed by atoms with Gasteiger partial charge < -0.3 is 4.90 Å². The molecule has 0 fully saturated rings. The minimum atomic E-state index is -0.746. The number of hydrogen-bond acceptors (Lipinski definition) is 3. The molecule has 0 aromatic heterocycles. The average Bonchev–Trinajstić information content (AvgIpc) is 2.36. The molecule has 20 heavy (non-hydrogen) atoms. The minimum absolute atomic E-state index is 0.0684. The molecule has 0 N–H and O–H groups in total. The summed E-state index contributed by atoms with van der Waals surface area (Å²) in [6, 6.07) is 2.91. The first-order chi connectivity index (χ1) is 9.23. The molecule has 0 aliphatic heterocycles. The Kier molecular flexibility index (Phi) is 5.19. The average molecular weight is 282 g/mol. The third-order valence-electron chi connectivity index (χ3n) is 3.19. The Balaban J connectivity index is 3.02. The summed E-state index contributed by atoms with van der Waals surface area (Å²) in [7, 11) is 1.58. The predicted octanol–water partition coefficient (Wildman–Crippen LogP) is 3.24. The van der Waals surface area contributed by atoms with E-state index in [1.54, 1.807) is 7.05 Å². The molecule has 1 atom stereocenters. The second kappa shape index (κ2) is 6.45. The summed E-state index contributed by atoms with van der Waals surface area (Å²) in [6.45, 7) is 5.93. The third-order valence-corrected chi connectivity index (χ3v) is 3.19. The topological polar surface area (TPSA) is 63.5 Å². The van der Waals surface area contributed by atoms with Crippen molar-refractivity contribution in [3.63, 3.8) is 0 Å². The van der Waals surface area contributed by atoms with Crippen molar-refractivity contribution < 1.29 is 14.1 Å². The van der Waals surface area contributed by atoms with E-state index in [0.717, 1.165) is 24.6 Å². The molecule has 1 aromatic carbocycles. The predicted molar refractivity (Wildman–Crippen MR) is 74.1 cm³/mol. The molecule has 0 aliphatic rings. The van der Waals surface area contributed by atoms with Crippen molar-refractivity contribution in [2.45, 2.75) is 33.2 Å². The van der Waals surface area contributed by atoms with E-state index in [0.29, 0.717) is 5.92 Å². The van der Waals surface area contributed by atoms with Gasteiger partial charge in [-0.25, -0.2) is 4.39 Å². The van der Waals surface area contributed by atoms with Gasteiger partial charge in [0, 0.05) is 25.2 Å². The van der Waals surface area contributed by atoms with E-state index in [2.05, 4.69) is 0 Å². The highest BCUT2D eigenvalue weighted by molar-refractivity contribution is 5.95. The molecule has 1 unspecified atom stereocenters. The zero-order valence-corrected chi connectivity index (χ0v) is 12.1. The molecule has 5 nitrogen and oxygen atoms in total. The van der Waals surface area contributed by atoms with Gasteiger partial charge in [0.1, 0.15) is 5.82 Å². The normalized spacial score (nSPS) is 12.3. The van der Waals surface area contributed by atoms with Gasteiger partial charge in [-0.2, -0.15) is 0 Å². The van der Waals surface area contributed by atoms with Crippen LogP contribution in [0, 0.1) is 21.8 Å². The lowest BCUT2D eigenvalue weighted by Crippen LogP contribution is -2.36. The second-order valence-corrected chi connectivity index (χ2v) is 5.32. The van der Waals surface area contributed by atoms with E-state index >= 15 is 0 Å². The Morgan fingerprint density at radius 3 is 2.50 bits per heavy atom. The van der Waals surface area contributed by atoms with E-state index in [1.165, 1.54) is 4.90 Å². The Hall–Kier alpha value is -1.98. The van der Waals surface area contributed by atoms with E-state index in [-0.39, 0.29) is 17.3 Å². The van der Waals surface area contributed by atoms with Crippen LogP contribution in [-0.4, -0.2) is 28.8 Å². The highest BCUT2D eigenvalue weighted by Crippen LogP contribution is 2.20. The van der Waals surface area contributed by atoms with Crippen LogP contribution >= 0.6 is 0 Å². The Labute approximate surface area is 117 Å². The molecule has 110 valence electrons. The van der Waals surface area contributed by atoms with Crippen LogP contribution in [0.4, 0.5) is 10.1 Å². The lowest BCUT2D eigenvalue weighted by molar-refractivity contribution is -0.384. The van der Waals surface area contributed by atoms with Crippen LogP contribution in [0.2, 0.25) is 0 Å². The van der Waals surface area contributed by atoms with E-state index in [4.69, 9.17) is 0 Å².